The van der Waals surface area contributed by atoms with Crippen LogP contribution in [0.3, 0.4) is 0 Å². The highest BCUT2D eigenvalue weighted by atomic mass is 16.5. The molecule has 230 valence electrons. The summed E-state index contributed by atoms with van der Waals surface area (Å²) in [4.78, 5) is 2.43. The van der Waals surface area contributed by atoms with E-state index in [1.54, 1.807) is 0 Å². The normalized spacial score (nSPS) is 14.7. The van der Waals surface area contributed by atoms with Crippen LogP contribution in [0.15, 0.2) is 146 Å². The second kappa shape index (κ2) is 9.55. The first-order chi connectivity index (χ1) is 24.1. The van der Waals surface area contributed by atoms with E-state index < -0.39 is 5.41 Å². The number of benzene rings is 7. The van der Waals surface area contributed by atoms with Gasteiger partial charge < -0.3 is 14.4 Å². The molecule has 0 amide bonds. The predicted octanol–water partition coefficient (Wildman–Crippen LogP) is 9.18. The van der Waals surface area contributed by atoms with Crippen LogP contribution < -0.4 is 30.8 Å². The van der Waals surface area contributed by atoms with Crippen molar-refractivity contribution < 1.29 is 9.47 Å². The second-order valence-corrected chi connectivity index (χ2v) is 13.8. The first kappa shape index (κ1) is 27.0. The van der Waals surface area contributed by atoms with E-state index in [1.165, 1.54) is 55.4 Å². The van der Waals surface area contributed by atoms with Crippen LogP contribution in [0, 0.1) is 13.8 Å². The van der Waals surface area contributed by atoms with Crippen LogP contribution in [-0.2, 0) is 5.41 Å². The molecule has 4 heteroatoms. The Labute approximate surface area is 286 Å². The third-order valence-electron chi connectivity index (χ3n) is 11.1. The topological polar surface area (TPSA) is 21.7 Å². The van der Waals surface area contributed by atoms with Crippen LogP contribution in [0.2, 0.25) is 0 Å². The molecule has 0 saturated heterocycles. The third-order valence-corrected chi connectivity index (χ3v) is 11.1. The molecule has 0 aromatic heterocycles. The summed E-state index contributed by atoms with van der Waals surface area (Å²) in [7, 11) is 0. The van der Waals surface area contributed by atoms with Crippen molar-refractivity contribution in [1.82, 2.24) is 0 Å². The van der Waals surface area contributed by atoms with Gasteiger partial charge in [0.1, 0.15) is 23.0 Å². The quantitative estimate of drug-likeness (QED) is 0.170. The SMILES string of the molecule is Cc1ccc2c(c1)C1(c3ccccc3-c3ccccc31)c1cc(C)ccc1N2c1cc2c3c(c1)Oc1ccccc1B3c1ccccc1O2. The van der Waals surface area contributed by atoms with Crippen molar-refractivity contribution in [3.8, 4) is 34.1 Å². The van der Waals surface area contributed by atoms with E-state index in [0.29, 0.717) is 0 Å². The van der Waals surface area contributed by atoms with Gasteiger partial charge in [0, 0.05) is 17.6 Å². The molecule has 0 N–H and O–H groups in total. The van der Waals surface area contributed by atoms with Gasteiger partial charge in [-0.25, -0.2) is 0 Å². The molecule has 0 saturated carbocycles. The lowest BCUT2D eigenvalue weighted by atomic mass is 9.35. The Morgan fingerprint density at radius 1 is 0.469 bits per heavy atom. The van der Waals surface area contributed by atoms with Crippen LogP contribution in [0.1, 0.15) is 33.4 Å². The van der Waals surface area contributed by atoms with E-state index in [9.17, 15) is 0 Å². The summed E-state index contributed by atoms with van der Waals surface area (Å²) in [5, 5.41) is 0. The zero-order valence-corrected chi connectivity index (χ0v) is 27.2. The van der Waals surface area contributed by atoms with Gasteiger partial charge in [-0.3, -0.25) is 0 Å². The molecule has 7 aromatic rings. The van der Waals surface area contributed by atoms with Gasteiger partial charge in [0.15, 0.2) is 0 Å². The number of fused-ring (bicyclic) bond motifs is 13. The van der Waals surface area contributed by atoms with Gasteiger partial charge in [-0.2, -0.15) is 0 Å². The molecule has 0 bridgehead atoms. The summed E-state index contributed by atoms with van der Waals surface area (Å²) in [6.45, 7) is 4.45. The van der Waals surface area contributed by atoms with Gasteiger partial charge in [-0.1, -0.05) is 120 Å². The van der Waals surface area contributed by atoms with Crippen molar-refractivity contribution in [2.45, 2.75) is 19.3 Å². The Kier molecular flexibility index (Phi) is 5.26. The summed E-state index contributed by atoms with van der Waals surface area (Å²) < 4.78 is 13.5. The molecular formula is C45H30BNO2. The maximum absolute atomic E-state index is 6.76. The molecule has 3 heterocycles. The monoisotopic (exact) mass is 627 g/mol. The minimum absolute atomic E-state index is 0.0370. The maximum Gasteiger partial charge on any atom is 0.260 e. The smallest absolute Gasteiger partial charge is 0.260 e. The van der Waals surface area contributed by atoms with E-state index >= 15 is 0 Å². The third kappa shape index (κ3) is 3.43. The van der Waals surface area contributed by atoms with Crippen LogP contribution in [-0.4, -0.2) is 6.71 Å². The van der Waals surface area contributed by atoms with Gasteiger partial charge in [0.25, 0.3) is 6.71 Å². The number of rotatable bonds is 1. The molecule has 3 nitrogen and oxygen atoms in total. The summed E-state index contributed by atoms with van der Waals surface area (Å²) in [6, 6.07) is 53.1. The molecule has 3 aliphatic heterocycles. The largest absolute Gasteiger partial charge is 0.458 e. The number of hydrogen-bond acceptors (Lipinski definition) is 3. The molecule has 1 aliphatic carbocycles. The van der Waals surface area contributed by atoms with Crippen LogP contribution in [0.4, 0.5) is 17.1 Å². The fraction of sp³-hybridized carbons (Fsp3) is 0.0667. The summed E-state index contributed by atoms with van der Waals surface area (Å²) in [6.07, 6.45) is 0. The average molecular weight is 628 g/mol. The molecule has 0 atom stereocenters. The number of aryl methyl sites for hydroxylation is 2. The fourth-order valence-corrected chi connectivity index (χ4v) is 9.17. The minimum atomic E-state index is -0.467. The average Bonchev–Trinajstić information content (AvgIpc) is 3.43. The predicted molar refractivity (Wildman–Crippen MR) is 199 cm³/mol. The Hall–Kier alpha value is -6.00. The lowest BCUT2D eigenvalue weighted by Gasteiger charge is -2.45. The van der Waals surface area contributed by atoms with Gasteiger partial charge in [-0.05, 0) is 82.4 Å². The molecule has 7 aromatic carbocycles. The zero-order valence-electron chi connectivity index (χ0n) is 27.2. The van der Waals surface area contributed by atoms with E-state index in [0.717, 1.165) is 45.5 Å². The lowest BCUT2D eigenvalue weighted by Crippen LogP contribution is -2.57. The van der Waals surface area contributed by atoms with Crippen molar-refractivity contribution in [1.29, 1.82) is 0 Å². The highest BCUT2D eigenvalue weighted by Crippen LogP contribution is 2.63. The van der Waals surface area contributed by atoms with Crippen LogP contribution in [0.5, 0.6) is 23.0 Å². The van der Waals surface area contributed by atoms with E-state index in [-0.39, 0.29) is 6.71 Å². The maximum atomic E-state index is 6.76. The lowest BCUT2D eigenvalue weighted by molar-refractivity contribution is 0.465. The molecule has 11 rings (SSSR count). The summed E-state index contributed by atoms with van der Waals surface area (Å²) in [5.74, 6) is 3.46. The number of nitrogens with zero attached hydrogens (tertiary/aromatic N) is 1. The molecule has 4 aliphatic rings. The second-order valence-electron chi connectivity index (χ2n) is 13.8. The minimum Gasteiger partial charge on any atom is -0.458 e. The van der Waals surface area contributed by atoms with Crippen molar-refractivity contribution >= 4 is 40.2 Å². The highest BCUT2D eigenvalue weighted by molar-refractivity contribution is 6.98. The van der Waals surface area contributed by atoms with Gasteiger partial charge in [0.2, 0.25) is 0 Å². The van der Waals surface area contributed by atoms with Crippen molar-refractivity contribution in [2.24, 2.45) is 0 Å². The Morgan fingerprint density at radius 3 is 1.47 bits per heavy atom. The summed E-state index contributed by atoms with van der Waals surface area (Å²) >= 11 is 0. The van der Waals surface area contributed by atoms with E-state index in [4.69, 9.17) is 9.47 Å². The number of para-hydroxylation sites is 2. The van der Waals surface area contributed by atoms with Crippen LogP contribution in [0.25, 0.3) is 11.1 Å². The number of hydrogen-bond donors (Lipinski definition) is 0. The molecule has 0 fully saturated rings. The number of anilines is 3. The van der Waals surface area contributed by atoms with Gasteiger partial charge in [0.05, 0.1) is 22.5 Å². The van der Waals surface area contributed by atoms with Crippen molar-refractivity contribution in [2.75, 3.05) is 4.90 Å². The molecule has 0 radical (unpaired) electrons. The van der Waals surface area contributed by atoms with Crippen LogP contribution >= 0.6 is 0 Å². The van der Waals surface area contributed by atoms with Gasteiger partial charge >= 0.3 is 0 Å². The highest BCUT2D eigenvalue weighted by Gasteiger charge is 2.52. The Balaban J connectivity index is 1.21. The fourth-order valence-electron chi connectivity index (χ4n) is 9.17. The molecule has 1 spiro atoms. The number of ether oxygens (including phenoxy) is 2. The Morgan fingerprint density at radius 2 is 0.939 bits per heavy atom. The zero-order chi connectivity index (χ0) is 32.4. The van der Waals surface area contributed by atoms with Gasteiger partial charge in [-0.15, -0.1) is 0 Å². The first-order valence-corrected chi connectivity index (χ1v) is 17.0. The van der Waals surface area contributed by atoms with E-state index in [2.05, 4.69) is 164 Å². The van der Waals surface area contributed by atoms with E-state index in [1.807, 2.05) is 0 Å². The first-order valence-electron chi connectivity index (χ1n) is 17.0. The molecule has 49 heavy (non-hydrogen) atoms. The van der Waals surface area contributed by atoms with Crippen molar-refractivity contribution in [3.05, 3.63) is 179 Å². The summed E-state index contributed by atoms with van der Waals surface area (Å²) in [5.41, 5.74) is 16.6. The Bertz CT molecular complexity index is 2400. The standard InChI is InChI=1S/C45H30BNO2/c1-27-19-21-38-34(23-27)45(32-13-5-3-11-30(32)31-12-4-6-14-33(31)45)35-24-28(2)20-22-39(35)47(38)29-25-42-44-43(26-29)49-41-18-10-8-16-37(41)46(44)36-15-7-9-17-40(36)48-42/h3-26H,1-2H3. The molecular weight excluding hydrogens is 597 g/mol. The van der Waals surface area contributed by atoms with Crippen molar-refractivity contribution in [3.63, 3.8) is 0 Å². The molecule has 0 unspecified atom stereocenters.